The molecule has 2 heterocycles. The van der Waals surface area contributed by atoms with Crippen molar-refractivity contribution in [3.05, 3.63) is 65.5 Å². The number of fused-ring (bicyclic) bond motifs is 1. The number of amides is 2. The third-order valence-corrected chi connectivity index (χ3v) is 6.25. The first-order chi connectivity index (χ1) is 15.5. The van der Waals surface area contributed by atoms with E-state index in [0.717, 1.165) is 30.6 Å². The quantitative estimate of drug-likeness (QED) is 0.683. The minimum absolute atomic E-state index is 0.0171. The van der Waals surface area contributed by atoms with Crippen LogP contribution in [0.2, 0.25) is 0 Å². The van der Waals surface area contributed by atoms with E-state index in [2.05, 4.69) is 6.07 Å². The van der Waals surface area contributed by atoms with Crippen LogP contribution in [0, 0.1) is 5.82 Å². The third-order valence-electron chi connectivity index (χ3n) is 6.25. The van der Waals surface area contributed by atoms with E-state index in [9.17, 15) is 14.0 Å². The summed E-state index contributed by atoms with van der Waals surface area (Å²) in [5.74, 6) is -0.277. The lowest BCUT2D eigenvalue weighted by Crippen LogP contribution is -2.61. The lowest BCUT2D eigenvalue weighted by atomic mass is 9.91. The van der Waals surface area contributed by atoms with Crippen molar-refractivity contribution in [1.29, 1.82) is 0 Å². The number of aryl methyl sites for hydroxylation is 1. The monoisotopic (exact) mass is 440 g/mol. The number of hydrogen-bond donors (Lipinski definition) is 0. The van der Waals surface area contributed by atoms with Gasteiger partial charge in [0.05, 0.1) is 25.3 Å². The predicted molar refractivity (Wildman–Crippen MR) is 118 cm³/mol. The molecule has 0 bridgehead atoms. The Morgan fingerprint density at radius 1 is 1.03 bits per heavy atom. The molecule has 2 aliphatic heterocycles. The maximum absolute atomic E-state index is 14.2. The smallest absolute Gasteiger partial charge is 0.257 e. The van der Waals surface area contributed by atoms with E-state index in [-0.39, 0.29) is 24.6 Å². The molecule has 0 saturated carbocycles. The Morgan fingerprint density at radius 3 is 2.66 bits per heavy atom. The van der Waals surface area contributed by atoms with Crippen molar-refractivity contribution in [2.24, 2.45) is 0 Å². The zero-order valence-corrected chi connectivity index (χ0v) is 18.4. The molecule has 2 amide bonds. The number of ether oxygens (including phenoxy) is 2. The molecule has 0 radical (unpaired) electrons. The van der Waals surface area contributed by atoms with Gasteiger partial charge in [0.15, 0.2) is 5.60 Å². The highest BCUT2D eigenvalue weighted by atomic mass is 19.1. The molecule has 170 valence electrons. The normalized spacial score (nSPS) is 22.5. The van der Waals surface area contributed by atoms with Crippen LogP contribution in [0.15, 0.2) is 48.5 Å². The number of halogens is 1. The lowest BCUT2D eigenvalue weighted by molar-refractivity contribution is -0.169. The van der Waals surface area contributed by atoms with Crippen molar-refractivity contribution in [2.75, 3.05) is 39.9 Å². The van der Waals surface area contributed by atoms with E-state index in [1.54, 1.807) is 29.0 Å². The Labute approximate surface area is 187 Å². The third kappa shape index (κ3) is 4.63. The van der Waals surface area contributed by atoms with Crippen LogP contribution in [0.3, 0.4) is 0 Å². The van der Waals surface area contributed by atoms with Gasteiger partial charge in [0.25, 0.3) is 11.8 Å². The van der Waals surface area contributed by atoms with Gasteiger partial charge in [0.1, 0.15) is 18.2 Å². The molecule has 2 aromatic carbocycles. The molecule has 7 heteroatoms. The molecular formula is C25H29FN2O4. The molecule has 1 fully saturated rings. The summed E-state index contributed by atoms with van der Waals surface area (Å²) in [6, 6.07) is 13.9. The Bertz CT molecular complexity index is 982. The number of rotatable bonds is 1. The van der Waals surface area contributed by atoms with Gasteiger partial charge >= 0.3 is 0 Å². The highest BCUT2D eigenvalue weighted by molar-refractivity contribution is 5.95. The first-order valence-corrected chi connectivity index (χ1v) is 11.1. The molecule has 0 aliphatic carbocycles. The molecule has 32 heavy (non-hydrogen) atoms. The van der Waals surface area contributed by atoms with Gasteiger partial charge in [0, 0.05) is 13.6 Å². The van der Waals surface area contributed by atoms with Crippen LogP contribution in [0.4, 0.5) is 4.39 Å². The van der Waals surface area contributed by atoms with E-state index in [1.165, 1.54) is 12.1 Å². The average Bonchev–Trinajstić information content (AvgIpc) is 2.81. The minimum Gasteiger partial charge on any atom is -0.491 e. The Kier molecular flexibility index (Phi) is 6.74. The second kappa shape index (κ2) is 9.69. The average molecular weight is 441 g/mol. The summed E-state index contributed by atoms with van der Waals surface area (Å²) in [4.78, 5) is 29.7. The summed E-state index contributed by atoms with van der Waals surface area (Å²) in [6.45, 7) is 1.44. The molecule has 1 spiro atoms. The number of para-hydroxylation sites is 1. The van der Waals surface area contributed by atoms with Gasteiger partial charge in [-0.05, 0) is 49.4 Å². The summed E-state index contributed by atoms with van der Waals surface area (Å²) in [6.07, 6.45) is 2.97. The summed E-state index contributed by atoms with van der Waals surface area (Å²) in [5, 5.41) is 0. The van der Waals surface area contributed by atoms with E-state index in [1.807, 2.05) is 18.2 Å². The van der Waals surface area contributed by atoms with Crippen molar-refractivity contribution in [3.8, 4) is 5.75 Å². The largest absolute Gasteiger partial charge is 0.491 e. The van der Waals surface area contributed by atoms with Crippen LogP contribution in [-0.4, -0.2) is 67.1 Å². The van der Waals surface area contributed by atoms with Crippen LogP contribution >= 0.6 is 0 Å². The van der Waals surface area contributed by atoms with Gasteiger partial charge in [-0.3, -0.25) is 9.59 Å². The second-order valence-corrected chi connectivity index (χ2v) is 8.44. The zero-order chi connectivity index (χ0) is 22.6. The minimum atomic E-state index is -1.13. The van der Waals surface area contributed by atoms with Crippen LogP contribution in [0.1, 0.15) is 35.2 Å². The van der Waals surface area contributed by atoms with E-state index >= 15 is 0 Å². The summed E-state index contributed by atoms with van der Waals surface area (Å²) < 4.78 is 26.3. The van der Waals surface area contributed by atoms with Gasteiger partial charge in [-0.2, -0.15) is 0 Å². The van der Waals surface area contributed by atoms with Gasteiger partial charge in [0.2, 0.25) is 0 Å². The number of carbonyl (C=O) groups excluding carboxylic acids is 2. The Hall–Kier alpha value is -2.93. The molecular weight excluding hydrogens is 411 g/mol. The van der Waals surface area contributed by atoms with Crippen molar-refractivity contribution in [2.45, 2.75) is 31.3 Å². The summed E-state index contributed by atoms with van der Waals surface area (Å²) in [5.41, 5.74) is 0.0349. The summed E-state index contributed by atoms with van der Waals surface area (Å²) >= 11 is 0. The summed E-state index contributed by atoms with van der Waals surface area (Å²) in [7, 11) is 1.73. The van der Waals surface area contributed by atoms with Gasteiger partial charge in [-0.25, -0.2) is 4.39 Å². The van der Waals surface area contributed by atoms with Crippen LogP contribution < -0.4 is 4.74 Å². The predicted octanol–water partition coefficient (Wildman–Crippen LogP) is 3.30. The Morgan fingerprint density at radius 2 is 1.81 bits per heavy atom. The second-order valence-electron chi connectivity index (χ2n) is 8.44. The fraction of sp³-hybridized carbons (Fsp3) is 0.440. The molecule has 6 nitrogen and oxygen atoms in total. The highest BCUT2D eigenvalue weighted by Crippen LogP contribution is 2.30. The van der Waals surface area contributed by atoms with Crippen molar-refractivity contribution in [1.82, 2.24) is 9.80 Å². The number of benzene rings is 2. The topological polar surface area (TPSA) is 59.1 Å². The van der Waals surface area contributed by atoms with Gasteiger partial charge in [-0.1, -0.05) is 30.3 Å². The molecule has 1 atom stereocenters. The molecule has 2 aliphatic rings. The highest BCUT2D eigenvalue weighted by Gasteiger charge is 2.46. The van der Waals surface area contributed by atoms with E-state index in [0.29, 0.717) is 26.1 Å². The number of hydrogen-bond acceptors (Lipinski definition) is 4. The molecule has 2 aromatic rings. The molecule has 0 aromatic heterocycles. The van der Waals surface area contributed by atoms with E-state index in [4.69, 9.17) is 9.47 Å². The molecule has 0 N–H and O–H groups in total. The number of likely N-dealkylation sites (N-methyl/N-ethyl adjacent to an activating group) is 1. The van der Waals surface area contributed by atoms with Crippen molar-refractivity contribution in [3.63, 3.8) is 0 Å². The fourth-order valence-corrected chi connectivity index (χ4v) is 4.47. The first-order valence-electron chi connectivity index (χ1n) is 11.1. The van der Waals surface area contributed by atoms with Crippen LogP contribution in [0.5, 0.6) is 5.75 Å². The fourth-order valence-electron chi connectivity index (χ4n) is 4.47. The SMILES string of the molecule is CN1CCOc2ccccc2CCCCC2(CN(C(=O)c3ccccc3F)CCO2)C1=O. The van der Waals surface area contributed by atoms with E-state index < -0.39 is 17.3 Å². The molecule has 1 unspecified atom stereocenters. The van der Waals surface area contributed by atoms with Crippen LogP contribution in [-0.2, 0) is 16.0 Å². The van der Waals surface area contributed by atoms with Gasteiger partial charge in [-0.15, -0.1) is 0 Å². The standard InChI is InChI=1S/C25H29FN2O4/c1-27-14-16-31-22-12-5-2-8-19(22)9-6-7-13-25(24(27)30)18-28(15-17-32-25)23(29)20-10-3-4-11-21(20)26/h2-5,8,10-12H,6-7,9,13-18H2,1H3. The number of carbonyl (C=O) groups is 2. The number of nitrogens with zero attached hydrogens (tertiary/aromatic N) is 2. The van der Waals surface area contributed by atoms with Crippen LogP contribution in [0.25, 0.3) is 0 Å². The first kappa shape index (κ1) is 22.3. The van der Waals surface area contributed by atoms with Gasteiger partial charge < -0.3 is 19.3 Å². The lowest BCUT2D eigenvalue weighted by Gasteiger charge is -2.43. The maximum Gasteiger partial charge on any atom is 0.257 e. The van der Waals surface area contributed by atoms with Crippen molar-refractivity contribution < 1.29 is 23.5 Å². The molecule has 4 rings (SSSR count). The van der Waals surface area contributed by atoms with Crippen molar-refractivity contribution >= 4 is 11.8 Å². The maximum atomic E-state index is 14.2. The Balaban J connectivity index is 1.55. The molecule has 1 saturated heterocycles. The number of morpholine rings is 1. The zero-order valence-electron chi connectivity index (χ0n) is 18.4.